The lowest BCUT2D eigenvalue weighted by Gasteiger charge is -2.51. The van der Waals surface area contributed by atoms with Crippen LogP contribution in [0, 0.1) is 11.8 Å². The summed E-state index contributed by atoms with van der Waals surface area (Å²) in [6.07, 6.45) is -6.90. The Hall–Kier alpha value is -1.09. The second-order valence-corrected chi connectivity index (χ2v) is 12.4. The number of ether oxygens (including phenoxy) is 3. The Kier molecular flexibility index (Phi) is 11.9. The third-order valence-electron chi connectivity index (χ3n) is 9.36. The van der Waals surface area contributed by atoms with E-state index in [1.165, 1.54) is 0 Å². The van der Waals surface area contributed by atoms with Gasteiger partial charge in [-0.2, -0.15) is 0 Å². The number of aliphatic hydroxyl groups excluding tert-OH is 5. The average Bonchev–Trinajstić information content (AvgIpc) is 2.96. The number of nitrogens with two attached hydrogens (primary N) is 5. The standard InChI is InChI=1S/C26H51N7O9/c27-6-12-1-2-14(32-8-10-3-11(29)4-10)23(40-12)18-13(30)5-15(33-25(39)16(35)7-28)24(21(18)37)42-26-22(38)19(31)20(36)17(9-34)41-26/h10-24,26,32,34-38H,1-9,27-31H2,(H,33,39). The minimum atomic E-state index is -1.52. The third kappa shape index (κ3) is 7.40. The van der Waals surface area contributed by atoms with Crippen LogP contribution in [-0.4, -0.2) is 143 Å². The summed E-state index contributed by atoms with van der Waals surface area (Å²) in [5.74, 6) is -1.02. The van der Waals surface area contributed by atoms with Crippen LogP contribution in [0.1, 0.15) is 32.1 Å². The van der Waals surface area contributed by atoms with E-state index in [-0.39, 0.29) is 31.2 Å². The molecule has 14 unspecified atom stereocenters. The first-order chi connectivity index (χ1) is 20.0. The van der Waals surface area contributed by atoms with Gasteiger partial charge in [-0.3, -0.25) is 4.79 Å². The Bertz CT molecular complexity index is 872. The number of carbonyl (C=O) groups excluding carboxylic acids is 1. The number of rotatable bonds is 11. The summed E-state index contributed by atoms with van der Waals surface area (Å²) >= 11 is 0. The molecule has 2 saturated carbocycles. The zero-order valence-electron chi connectivity index (χ0n) is 23.9. The summed E-state index contributed by atoms with van der Waals surface area (Å²) in [4.78, 5) is 12.6. The van der Waals surface area contributed by atoms with Gasteiger partial charge in [0, 0.05) is 37.1 Å². The van der Waals surface area contributed by atoms with Crippen molar-refractivity contribution in [2.75, 3.05) is 26.2 Å². The molecule has 0 spiro atoms. The first-order valence-electron chi connectivity index (χ1n) is 15.0. The van der Waals surface area contributed by atoms with Gasteiger partial charge in [0.25, 0.3) is 0 Å². The van der Waals surface area contributed by atoms with Crippen molar-refractivity contribution in [1.29, 1.82) is 0 Å². The topological polar surface area (TPSA) is 300 Å². The van der Waals surface area contributed by atoms with Gasteiger partial charge in [0.15, 0.2) is 6.29 Å². The molecule has 16 nitrogen and oxygen atoms in total. The van der Waals surface area contributed by atoms with Crippen LogP contribution >= 0.6 is 0 Å². The Labute approximate surface area is 245 Å². The van der Waals surface area contributed by atoms with E-state index in [2.05, 4.69) is 10.6 Å². The minimum absolute atomic E-state index is 0.119. The van der Waals surface area contributed by atoms with Crippen LogP contribution in [0.3, 0.4) is 0 Å². The van der Waals surface area contributed by atoms with Gasteiger partial charge in [-0.05, 0) is 44.6 Å². The van der Waals surface area contributed by atoms with Crippen LogP contribution in [0.25, 0.3) is 0 Å². The first kappa shape index (κ1) is 33.8. The van der Waals surface area contributed by atoms with Crippen molar-refractivity contribution in [3.8, 4) is 0 Å². The van der Waals surface area contributed by atoms with Crippen LogP contribution in [0.4, 0.5) is 0 Å². The number of hydrogen-bond donors (Lipinski definition) is 12. The highest BCUT2D eigenvalue weighted by molar-refractivity contribution is 5.81. The summed E-state index contributed by atoms with van der Waals surface area (Å²) in [5.41, 5.74) is 30.0. The minimum Gasteiger partial charge on any atom is -0.394 e. The van der Waals surface area contributed by atoms with Gasteiger partial charge in [-0.1, -0.05) is 0 Å². The highest BCUT2D eigenvalue weighted by Gasteiger charge is 2.53. The van der Waals surface area contributed by atoms with Crippen molar-refractivity contribution in [3.05, 3.63) is 0 Å². The van der Waals surface area contributed by atoms with Gasteiger partial charge >= 0.3 is 0 Å². The number of aliphatic hydroxyl groups is 5. The molecule has 2 saturated heterocycles. The second-order valence-electron chi connectivity index (χ2n) is 12.4. The molecule has 17 N–H and O–H groups in total. The zero-order valence-corrected chi connectivity index (χ0v) is 23.9. The third-order valence-corrected chi connectivity index (χ3v) is 9.36. The highest BCUT2D eigenvalue weighted by atomic mass is 16.7. The SMILES string of the molecule is NCC1CCC(NCC2CC(N)C2)C(C2C(N)CC(NC(=O)C(O)CN)C(OC3OC(CO)C(O)C(N)C3O)C2O)O1. The Morgan fingerprint density at radius 1 is 0.976 bits per heavy atom. The molecule has 42 heavy (non-hydrogen) atoms. The summed E-state index contributed by atoms with van der Waals surface area (Å²) in [5, 5.41) is 58.8. The summed E-state index contributed by atoms with van der Waals surface area (Å²) in [7, 11) is 0. The van der Waals surface area contributed by atoms with E-state index in [0.717, 1.165) is 32.2 Å². The Morgan fingerprint density at radius 2 is 1.69 bits per heavy atom. The van der Waals surface area contributed by atoms with E-state index in [9.17, 15) is 30.3 Å². The molecule has 16 heteroatoms. The van der Waals surface area contributed by atoms with E-state index < -0.39 is 85.6 Å². The smallest absolute Gasteiger partial charge is 0.250 e. The molecule has 2 aliphatic carbocycles. The van der Waals surface area contributed by atoms with E-state index in [1.54, 1.807) is 0 Å². The maximum Gasteiger partial charge on any atom is 0.250 e. The molecular formula is C26H51N7O9. The maximum absolute atomic E-state index is 12.6. The normalized spacial score (nSPS) is 47.0. The van der Waals surface area contributed by atoms with Gasteiger partial charge in [0.1, 0.15) is 30.5 Å². The van der Waals surface area contributed by atoms with Gasteiger partial charge < -0.3 is 79.0 Å². The molecule has 0 aromatic carbocycles. The largest absolute Gasteiger partial charge is 0.394 e. The van der Waals surface area contributed by atoms with Crippen LogP contribution in [0.5, 0.6) is 0 Å². The average molecular weight is 606 g/mol. The van der Waals surface area contributed by atoms with E-state index in [1.807, 2.05) is 0 Å². The molecule has 1 amide bonds. The van der Waals surface area contributed by atoms with Crippen molar-refractivity contribution < 1.29 is 44.5 Å². The molecule has 0 aromatic rings. The van der Waals surface area contributed by atoms with Gasteiger partial charge in [-0.15, -0.1) is 0 Å². The number of amides is 1. The molecule has 244 valence electrons. The van der Waals surface area contributed by atoms with E-state index in [4.69, 9.17) is 42.9 Å². The van der Waals surface area contributed by atoms with Crippen molar-refractivity contribution >= 4 is 5.91 Å². The van der Waals surface area contributed by atoms with E-state index in [0.29, 0.717) is 12.5 Å². The van der Waals surface area contributed by atoms with E-state index >= 15 is 0 Å². The molecule has 14 atom stereocenters. The van der Waals surface area contributed by atoms with Gasteiger partial charge in [0.05, 0.1) is 37.0 Å². The van der Waals surface area contributed by atoms with Gasteiger partial charge in [-0.25, -0.2) is 0 Å². The monoisotopic (exact) mass is 605 g/mol. The lowest BCUT2D eigenvalue weighted by molar-refractivity contribution is -0.306. The number of hydrogen-bond acceptors (Lipinski definition) is 15. The number of nitrogens with one attached hydrogen (secondary N) is 2. The molecule has 2 heterocycles. The molecule has 4 fully saturated rings. The predicted octanol–water partition coefficient (Wildman–Crippen LogP) is -6.15. The highest BCUT2D eigenvalue weighted by Crippen LogP contribution is 2.37. The molecule has 2 aliphatic heterocycles. The van der Waals surface area contributed by atoms with Crippen molar-refractivity contribution in [1.82, 2.24) is 10.6 Å². The predicted molar refractivity (Wildman–Crippen MR) is 149 cm³/mol. The lowest BCUT2D eigenvalue weighted by atomic mass is 9.71. The lowest BCUT2D eigenvalue weighted by Crippen LogP contribution is -2.70. The summed E-state index contributed by atoms with van der Waals surface area (Å²) < 4.78 is 18.1. The number of carbonyl (C=O) groups is 1. The van der Waals surface area contributed by atoms with Crippen molar-refractivity contribution in [2.45, 2.75) is 117 Å². The van der Waals surface area contributed by atoms with Gasteiger partial charge in [0.2, 0.25) is 5.91 Å². The fraction of sp³-hybridized carbons (Fsp3) is 0.962. The quantitative estimate of drug-likeness (QED) is 0.104. The van der Waals surface area contributed by atoms with Crippen LogP contribution in [0.2, 0.25) is 0 Å². The first-order valence-corrected chi connectivity index (χ1v) is 15.0. The molecule has 4 aliphatic rings. The maximum atomic E-state index is 12.6. The van der Waals surface area contributed by atoms with Crippen molar-refractivity contribution in [2.24, 2.45) is 40.5 Å². The zero-order chi connectivity index (χ0) is 30.7. The fourth-order valence-electron chi connectivity index (χ4n) is 6.76. The fourth-order valence-corrected chi connectivity index (χ4v) is 6.76. The molecule has 0 bridgehead atoms. The second kappa shape index (κ2) is 14.8. The molecule has 4 rings (SSSR count). The Morgan fingerprint density at radius 3 is 2.31 bits per heavy atom. The van der Waals surface area contributed by atoms with Crippen LogP contribution in [-0.2, 0) is 19.0 Å². The van der Waals surface area contributed by atoms with Crippen molar-refractivity contribution in [3.63, 3.8) is 0 Å². The van der Waals surface area contributed by atoms with Crippen LogP contribution < -0.4 is 39.3 Å². The molecule has 0 aromatic heterocycles. The summed E-state index contributed by atoms with van der Waals surface area (Å²) in [6, 6.07) is -2.75. The summed E-state index contributed by atoms with van der Waals surface area (Å²) in [6.45, 7) is 0.107. The molecular weight excluding hydrogens is 554 g/mol. The Balaban J connectivity index is 1.58. The molecule has 0 radical (unpaired) electrons. The van der Waals surface area contributed by atoms with Crippen LogP contribution in [0.15, 0.2) is 0 Å².